The molecular weight excluding hydrogens is 146 g/mol. The second kappa shape index (κ2) is 3.92. The monoisotopic (exact) mass is 152 g/mol. The van der Waals surface area contributed by atoms with E-state index in [4.69, 9.17) is 0 Å². The van der Waals surface area contributed by atoms with Gasteiger partial charge in [0.25, 0.3) is 6.17 Å². The molecule has 0 aromatic carbocycles. The van der Waals surface area contributed by atoms with E-state index >= 15 is 0 Å². The second-order valence-electron chi connectivity index (χ2n) is 1.58. The van der Waals surface area contributed by atoms with Crippen molar-refractivity contribution < 1.29 is 23.4 Å². The summed E-state index contributed by atoms with van der Waals surface area (Å²) in [5.74, 6) is -2.77. The van der Waals surface area contributed by atoms with Gasteiger partial charge in [-0.25, -0.2) is 9.18 Å². The number of carbonyl (C=O) groups is 2. The zero-order chi connectivity index (χ0) is 8.15. The molecule has 3 nitrogen and oxygen atoms in total. The van der Waals surface area contributed by atoms with Crippen LogP contribution in [0, 0.1) is 0 Å². The van der Waals surface area contributed by atoms with Crippen LogP contribution in [0.1, 0.15) is 13.3 Å². The van der Waals surface area contributed by atoms with Gasteiger partial charge in [-0.15, -0.1) is 0 Å². The van der Waals surface area contributed by atoms with E-state index in [0.29, 0.717) is 0 Å². The van der Waals surface area contributed by atoms with Gasteiger partial charge in [0.15, 0.2) is 5.78 Å². The summed E-state index contributed by atoms with van der Waals surface area (Å²) in [5, 5.41) is 0. The predicted molar refractivity (Wildman–Crippen MR) is 27.4 cm³/mol. The third kappa shape index (κ3) is 2.08. The third-order valence-corrected chi connectivity index (χ3v) is 0.914. The van der Waals surface area contributed by atoms with Crippen molar-refractivity contribution in [3.8, 4) is 0 Å². The fourth-order valence-corrected chi connectivity index (χ4v) is 0.350. The van der Waals surface area contributed by atoms with Gasteiger partial charge in [0.2, 0.25) is 0 Å². The first-order valence-electron chi connectivity index (χ1n) is 2.62. The summed E-state index contributed by atoms with van der Waals surface area (Å²) in [6.45, 7) is 1.36. The topological polar surface area (TPSA) is 43.4 Å². The molecule has 0 radical (unpaired) electrons. The van der Waals surface area contributed by atoms with E-state index in [1.807, 2.05) is 0 Å². The summed E-state index contributed by atoms with van der Waals surface area (Å²) in [4.78, 5) is 22.7. The highest BCUT2D eigenvalue weighted by Gasteiger charge is 2.26. The molecule has 0 saturated carbocycles. The fraction of sp³-hybridized carbons (Fsp3) is 0.600. The maximum atomic E-state index is 12.1. The average molecular weight is 152 g/mol. The van der Waals surface area contributed by atoms with E-state index in [9.17, 15) is 18.5 Å². The summed E-state index contributed by atoms with van der Waals surface area (Å²) in [7, 11) is 0. The van der Waals surface area contributed by atoms with Crippen molar-refractivity contribution >= 4 is 11.8 Å². The van der Waals surface area contributed by atoms with Crippen LogP contribution in [0.2, 0.25) is 0 Å². The standard InChI is InChI=1S/C5H6F2O3/c1-2-3(8)4(6)5(9)10-7/h4H,2H2,1H3. The van der Waals surface area contributed by atoms with Crippen molar-refractivity contribution in [1.29, 1.82) is 0 Å². The van der Waals surface area contributed by atoms with Crippen molar-refractivity contribution in [3.63, 3.8) is 0 Å². The van der Waals surface area contributed by atoms with Gasteiger partial charge in [0, 0.05) is 10.9 Å². The molecule has 0 aromatic rings. The van der Waals surface area contributed by atoms with Gasteiger partial charge < -0.3 is 0 Å². The van der Waals surface area contributed by atoms with E-state index < -0.39 is 17.9 Å². The van der Waals surface area contributed by atoms with Crippen LogP contribution in [0.15, 0.2) is 0 Å². The Balaban J connectivity index is 3.94. The molecule has 0 fully saturated rings. The van der Waals surface area contributed by atoms with E-state index in [1.165, 1.54) is 6.92 Å². The summed E-state index contributed by atoms with van der Waals surface area (Å²) in [6, 6.07) is 0. The zero-order valence-corrected chi connectivity index (χ0v) is 5.27. The average Bonchev–Trinajstić information content (AvgIpc) is 2.00. The van der Waals surface area contributed by atoms with Crippen LogP contribution in [0.4, 0.5) is 8.92 Å². The van der Waals surface area contributed by atoms with Crippen LogP contribution in [0.3, 0.4) is 0 Å². The maximum absolute atomic E-state index is 12.1. The molecule has 0 amide bonds. The van der Waals surface area contributed by atoms with E-state index in [-0.39, 0.29) is 6.42 Å². The summed E-state index contributed by atoms with van der Waals surface area (Å²) in [6.07, 6.45) is -2.63. The number of carbonyl (C=O) groups excluding carboxylic acids is 2. The van der Waals surface area contributed by atoms with Crippen molar-refractivity contribution in [3.05, 3.63) is 0 Å². The first-order valence-corrected chi connectivity index (χ1v) is 2.62. The Kier molecular flexibility index (Phi) is 3.53. The molecule has 10 heavy (non-hydrogen) atoms. The molecule has 0 spiro atoms. The summed E-state index contributed by atoms with van der Waals surface area (Å²) >= 11 is 0. The zero-order valence-electron chi connectivity index (χ0n) is 5.27. The summed E-state index contributed by atoms with van der Waals surface area (Å²) < 4.78 is 23.0. The molecule has 0 rings (SSSR count). The predicted octanol–water partition coefficient (Wildman–Crippen LogP) is 0.731. The largest absolute Gasteiger partial charge is 0.390 e. The molecule has 0 bridgehead atoms. The first kappa shape index (κ1) is 9.00. The lowest BCUT2D eigenvalue weighted by molar-refractivity contribution is -0.190. The lowest BCUT2D eigenvalue weighted by atomic mass is 10.2. The van der Waals surface area contributed by atoms with E-state index in [1.54, 1.807) is 0 Å². The number of hydrogen-bond acceptors (Lipinski definition) is 3. The molecule has 0 aliphatic rings. The Bertz CT molecular complexity index is 130. The lowest BCUT2D eigenvalue weighted by Gasteiger charge is -1.97. The maximum Gasteiger partial charge on any atom is 0.390 e. The SMILES string of the molecule is CCC(=O)C(F)C(=O)OF. The number of halogens is 2. The second-order valence-corrected chi connectivity index (χ2v) is 1.58. The molecule has 0 saturated heterocycles. The number of alkyl halides is 1. The first-order chi connectivity index (χ1) is 4.63. The molecule has 0 aliphatic heterocycles. The molecule has 0 aliphatic carbocycles. The Hall–Kier alpha value is -1.00. The molecule has 1 atom stereocenters. The highest BCUT2D eigenvalue weighted by atomic mass is 19.3. The summed E-state index contributed by atoms with van der Waals surface area (Å²) in [5.41, 5.74) is 0. The number of Topliss-reactive ketones (excluding diaryl/α,β-unsaturated/α-hetero) is 1. The Morgan fingerprint density at radius 3 is 2.40 bits per heavy atom. The van der Waals surface area contributed by atoms with Gasteiger partial charge in [0.05, 0.1) is 0 Å². The molecule has 5 heteroatoms. The minimum Gasteiger partial charge on any atom is -0.296 e. The van der Waals surface area contributed by atoms with Crippen LogP contribution in [0.25, 0.3) is 0 Å². The number of rotatable bonds is 3. The molecule has 1 unspecified atom stereocenters. The lowest BCUT2D eigenvalue weighted by Crippen LogP contribution is -2.25. The van der Waals surface area contributed by atoms with Crippen molar-refractivity contribution in [2.45, 2.75) is 19.5 Å². The van der Waals surface area contributed by atoms with Crippen molar-refractivity contribution in [2.24, 2.45) is 0 Å². The van der Waals surface area contributed by atoms with Gasteiger partial charge in [-0.3, -0.25) is 9.74 Å². The molecule has 0 heterocycles. The van der Waals surface area contributed by atoms with Gasteiger partial charge in [-0.2, -0.15) is 0 Å². The Labute approximate surface area is 55.9 Å². The number of ketones is 1. The fourth-order valence-electron chi connectivity index (χ4n) is 0.350. The van der Waals surface area contributed by atoms with Gasteiger partial charge in [-0.1, -0.05) is 6.92 Å². The molecule has 58 valence electrons. The Morgan fingerprint density at radius 2 is 2.10 bits per heavy atom. The number of hydrogen-bond donors (Lipinski definition) is 0. The molecule has 0 aromatic heterocycles. The Morgan fingerprint density at radius 1 is 1.60 bits per heavy atom. The van der Waals surface area contributed by atoms with Crippen molar-refractivity contribution in [1.82, 2.24) is 0 Å². The highest BCUT2D eigenvalue weighted by molar-refractivity contribution is 6.01. The quantitative estimate of drug-likeness (QED) is 0.560. The minimum absolute atomic E-state index is 0.156. The minimum atomic E-state index is -2.48. The van der Waals surface area contributed by atoms with E-state index in [0.717, 1.165) is 0 Å². The third-order valence-electron chi connectivity index (χ3n) is 0.914. The molecule has 0 N–H and O–H groups in total. The van der Waals surface area contributed by atoms with Crippen LogP contribution in [-0.4, -0.2) is 17.9 Å². The highest BCUT2D eigenvalue weighted by Crippen LogP contribution is 1.99. The van der Waals surface area contributed by atoms with Crippen molar-refractivity contribution in [2.75, 3.05) is 0 Å². The smallest absolute Gasteiger partial charge is 0.296 e. The normalized spacial score (nSPS) is 12.3. The van der Waals surface area contributed by atoms with Gasteiger partial charge in [0.1, 0.15) is 0 Å². The van der Waals surface area contributed by atoms with E-state index in [2.05, 4.69) is 4.94 Å². The van der Waals surface area contributed by atoms with Crippen LogP contribution in [-0.2, 0) is 14.5 Å². The van der Waals surface area contributed by atoms with Gasteiger partial charge in [-0.05, 0) is 0 Å². The molecular formula is C5H6F2O3. The van der Waals surface area contributed by atoms with Crippen LogP contribution in [0.5, 0.6) is 0 Å². The van der Waals surface area contributed by atoms with Crippen LogP contribution < -0.4 is 0 Å². The van der Waals surface area contributed by atoms with Crippen LogP contribution >= 0.6 is 0 Å². The van der Waals surface area contributed by atoms with Gasteiger partial charge >= 0.3 is 5.97 Å².